The number of oxime groups is 1. The number of anilines is 1. The van der Waals surface area contributed by atoms with Crippen molar-refractivity contribution >= 4 is 63.5 Å². The molecular weight excluding hydrogens is 595 g/mol. The van der Waals surface area contributed by atoms with Crippen molar-refractivity contribution in [2.24, 2.45) is 5.16 Å². The van der Waals surface area contributed by atoms with Gasteiger partial charge in [-0.05, 0) is 31.2 Å². The highest BCUT2D eigenvalue weighted by Crippen LogP contribution is 2.40. The number of aliphatic carboxylic acids is 1. The number of nitrogens with zero attached hydrogens (tertiary/aromatic N) is 3. The zero-order valence-electron chi connectivity index (χ0n) is 20.6. The molecule has 2 aliphatic rings. The van der Waals surface area contributed by atoms with Crippen molar-refractivity contribution in [1.29, 1.82) is 0 Å². The fourth-order valence-corrected chi connectivity index (χ4v) is 5.58. The molecule has 2 atom stereocenters. The molecule has 1 saturated heterocycles. The molecule has 0 aliphatic carbocycles. The number of β-lactam (4-membered cyclic amide) rings is 1. The molecule has 18 heteroatoms. The van der Waals surface area contributed by atoms with E-state index in [1.54, 1.807) is 12.1 Å². The van der Waals surface area contributed by atoms with Gasteiger partial charge in [0.15, 0.2) is 16.6 Å². The lowest BCUT2D eigenvalue weighted by molar-refractivity contribution is -0.199. The number of nitrogens with one attached hydrogen (secondary N) is 1. The molecule has 2 aliphatic heterocycles. The molecule has 1 unspecified atom stereocenters. The number of Topliss-reactive ketones (excluding diaryl/α,β-unsaturated/α-hetero) is 1. The van der Waals surface area contributed by atoms with Gasteiger partial charge in [0.05, 0.1) is 0 Å². The number of fused-ring (bicyclic) bond motifs is 1. The number of halogens is 3. The number of carbonyl (C=O) groups excluding carboxylic acids is 4. The smallest absolute Gasteiger partial charge is 0.489 e. The molecule has 41 heavy (non-hydrogen) atoms. The van der Waals surface area contributed by atoms with Gasteiger partial charge in [-0.25, -0.2) is 14.6 Å². The first-order valence-corrected chi connectivity index (χ1v) is 13.2. The third-order valence-electron chi connectivity index (χ3n) is 5.64. The Bertz CT molecular complexity index is 1490. The Labute approximate surface area is 236 Å². The quantitative estimate of drug-likeness (QED) is 0.122. The highest BCUT2D eigenvalue weighted by molar-refractivity contribution is 8.00. The van der Waals surface area contributed by atoms with Crippen molar-refractivity contribution in [2.75, 3.05) is 18.1 Å². The van der Waals surface area contributed by atoms with E-state index < -0.39 is 47.1 Å². The summed E-state index contributed by atoms with van der Waals surface area (Å²) in [6.07, 6.45) is -5.39. The van der Waals surface area contributed by atoms with Crippen LogP contribution in [0.5, 0.6) is 5.75 Å². The van der Waals surface area contributed by atoms with Gasteiger partial charge in [-0.3, -0.25) is 19.3 Å². The summed E-state index contributed by atoms with van der Waals surface area (Å²) in [5.41, 5.74) is 4.72. The lowest BCUT2D eigenvalue weighted by Crippen LogP contribution is -2.71. The van der Waals surface area contributed by atoms with Crippen LogP contribution in [0.4, 0.5) is 18.3 Å². The van der Waals surface area contributed by atoms with Gasteiger partial charge in [-0.2, -0.15) is 13.2 Å². The van der Waals surface area contributed by atoms with Crippen molar-refractivity contribution in [2.45, 2.75) is 24.5 Å². The van der Waals surface area contributed by atoms with Crippen LogP contribution in [0.25, 0.3) is 0 Å². The van der Waals surface area contributed by atoms with E-state index in [1.807, 2.05) is 0 Å². The monoisotopic (exact) mass is 613 g/mol. The number of carboxylic acids is 1. The molecule has 13 nitrogen and oxygen atoms in total. The number of thiazole rings is 1. The van der Waals surface area contributed by atoms with E-state index in [0.717, 1.165) is 28.0 Å². The fourth-order valence-electron chi connectivity index (χ4n) is 3.70. The number of nitrogen functional groups attached to an aromatic ring is 1. The van der Waals surface area contributed by atoms with Crippen LogP contribution in [-0.2, 0) is 24.0 Å². The first kappa shape index (κ1) is 29.5. The molecule has 0 bridgehead atoms. The van der Waals surface area contributed by atoms with E-state index in [9.17, 15) is 42.3 Å². The minimum atomic E-state index is -5.39. The minimum absolute atomic E-state index is 0.0721. The molecule has 0 radical (unpaired) electrons. The number of carbonyl (C=O) groups is 5. The summed E-state index contributed by atoms with van der Waals surface area (Å²) < 4.78 is 43.3. The van der Waals surface area contributed by atoms with Crippen LogP contribution < -0.4 is 15.8 Å². The molecule has 1 aromatic carbocycles. The second-order valence-corrected chi connectivity index (χ2v) is 10.4. The summed E-state index contributed by atoms with van der Waals surface area (Å²) in [5, 5.41) is 15.3. The normalized spacial score (nSPS) is 18.8. The number of alkyl halides is 3. The van der Waals surface area contributed by atoms with E-state index in [0.29, 0.717) is 11.3 Å². The van der Waals surface area contributed by atoms with E-state index in [4.69, 9.17) is 10.5 Å². The Morgan fingerprint density at radius 3 is 2.49 bits per heavy atom. The molecule has 0 saturated carbocycles. The third-order valence-corrected chi connectivity index (χ3v) is 7.65. The zero-order chi connectivity index (χ0) is 30.1. The van der Waals surface area contributed by atoms with Crippen molar-refractivity contribution in [3.63, 3.8) is 0 Å². The van der Waals surface area contributed by atoms with Crippen molar-refractivity contribution in [3.05, 3.63) is 52.2 Å². The van der Waals surface area contributed by atoms with Crippen LogP contribution in [0.2, 0.25) is 0 Å². The van der Waals surface area contributed by atoms with Gasteiger partial charge in [0, 0.05) is 22.3 Å². The molecule has 1 fully saturated rings. The number of nitrogens with two attached hydrogens (primary N) is 1. The molecule has 4 N–H and O–H groups in total. The van der Waals surface area contributed by atoms with Crippen LogP contribution in [0, 0.1) is 0 Å². The highest BCUT2D eigenvalue weighted by atomic mass is 32.2. The van der Waals surface area contributed by atoms with E-state index in [2.05, 4.69) is 20.3 Å². The molecule has 4 rings (SSSR count). The number of amides is 2. The first-order valence-electron chi connectivity index (χ1n) is 11.3. The number of benzene rings is 1. The molecular formula is C23H18F3N5O8S2. The van der Waals surface area contributed by atoms with Crippen molar-refractivity contribution in [3.8, 4) is 5.75 Å². The molecule has 0 spiro atoms. The number of aromatic nitrogens is 1. The summed E-state index contributed by atoms with van der Waals surface area (Å²) in [6.45, 7) is 1.22. The van der Waals surface area contributed by atoms with Crippen molar-refractivity contribution < 1.29 is 51.8 Å². The van der Waals surface area contributed by atoms with Gasteiger partial charge in [-0.1, -0.05) is 5.16 Å². The zero-order valence-corrected chi connectivity index (χ0v) is 22.3. The number of hydrogen-bond donors (Lipinski definition) is 3. The third kappa shape index (κ3) is 6.32. The average molecular weight is 614 g/mol. The number of ether oxygens (including phenoxy) is 1. The lowest BCUT2D eigenvalue weighted by Gasteiger charge is -2.49. The van der Waals surface area contributed by atoms with Crippen LogP contribution in [0.15, 0.2) is 46.1 Å². The lowest BCUT2D eigenvalue weighted by atomic mass is 10.0. The molecule has 2 aromatic rings. The van der Waals surface area contributed by atoms with Crippen LogP contribution in [0.3, 0.4) is 0 Å². The number of hydrogen-bond acceptors (Lipinski definition) is 12. The van der Waals surface area contributed by atoms with Gasteiger partial charge in [0.25, 0.3) is 11.8 Å². The Morgan fingerprint density at radius 1 is 1.24 bits per heavy atom. The fraction of sp³-hybridized carbons (Fsp3) is 0.261. The van der Waals surface area contributed by atoms with Gasteiger partial charge in [0.1, 0.15) is 35.2 Å². The molecule has 2 amide bonds. The maximum Gasteiger partial charge on any atom is 0.493 e. The Kier molecular flexibility index (Phi) is 8.34. The predicted molar refractivity (Wildman–Crippen MR) is 137 cm³/mol. The summed E-state index contributed by atoms with van der Waals surface area (Å²) in [6, 6.07) is 4.88. The SMILES string of the molecule is CC(=O)c1ccc(OCC2=C(C(=O)O)N3C(=O)C(NC(=O)C(=NOC(=O)C(F)(F)F)c4csc(N)n4)[C@@H]3SC2)cc1. The predicted octanol–water partition coefficient (Wildman–Crippen LogP) is 1.56. The summed E-state index contributed by atoms with van der Waals surface area (Å²) in [5.74, 6) is -5.83. The van der Waals surface area contributed by atoms with Gasteiger partial charge >= 0.3 is 18.1 Å². The number of rotatable bonds is 9. The highest BCUT2D eigenvalue weighted by Gasteiger charge is 2.54. The van der Waals surface area contributed by atoms with Crippen LogP contribution >= 0.6 is 23.1 Å². The maximum atomic E-state index is 12.9. The Hall–Kier alpha value is -4.45. The number of carboxylic acid groups (broad SMARTS) is 1. The van der Waals surface area contributed by atoms with E-state index >= 15 is 0 Å². The van der Waals surface area contributed by atoms with Crippen LogP contribution in [-0.4, -0.2) is 80.2 Å². The van der Waals surface area contributed by atoms with Crippen molar-refractivity contribution in [1.82, 2.24) is 15.2 Å². The first-order chi connectivity index (χ1) is 19.3. The molecule has 216 valence electrons. The summed E-state index contributed by atoms with van der Waals surface area (Å²) in [7, 11) is 0. The average Bonchev–Trinajstić information content (AvgIpc) is 3.35. The van der Waals surface area contributed by atoms with E-state index in [1.165, 1.54) is 24.4 Å². The standard InChI is InChI=1S/C23H18F3N5O8S2/c1-9(32)10-2-4-12(5-3-10)38-6-11-7-40-19-15(18(34)31(19)16(11)20(35)36)29-17(33)14(13-8-41-22(27)28-13)30-39-21(37)23(24,25)26/h2-5,8,15,19H,6-7H2,1H3,(H2,27,28)(H,29,33)(H,35,36)/t15?,19-/m0/s1. The van der Waals surface area contributed by atoms with Gasteiger partial charge in [0.2, 0.25) is 0 Å². The number of ketones is 1. The summed E-state index contributed by atoms with van der Waals surface area (Å²) in [4.78, 5) is 69.0. The maximum absolute atomic E-state index is 12.9. The molecule has 3 heterocycles. The Balaban J connectivity index is 1.49. The second-order valence-electron chi connectivity index (χ2n) is 8.37. The summed E-state index contributed by atoms with van der Waals surface area (Å²) >= 11 is 1.93. The van der Waals surface area contributed by atoms with Crippen LogP contribution in [0.1, 0.15) is 23.0 Å². The van der Waals surface area contributed by atoms with Gasteiger partial charge < -0.3 is 25.7 Å². The minimum Gasteiger partial charge on any atom is -0.489 e. The van der Waals surface area contributed by atoms with E-state index in [-0.39, 0.29) is 40.2 Å². The van der Waals surface area contributed by atoms with Gasteiger partial charge in [-0.15, -0.1) is 23.1 Å². The number of thioether (sulfide) groups is 1. The topological polar surface area (TPSA) is 191 Å². The molecule has 1 aromatic heterocycles. The largest absolute Gasteiger partial charge is 0.493 e. The Morgan fingerprint density at radius 2 is 1.93 bits per heavy atom. The second kappa shape index (κ2) is 11.6.